The van der Waals surface area contributed by atoms with E-state index >= 15 is 0 Å². The number of methoxy groups -OCH3 is 1. The van der Waals surface area contributed by atoms with Gasteiger partial charge in [0.2, 0.25) is 0 Å². The maximum Gasteiger partial charge on any atom is 0.288 e. The number of hydrogen-bond acceptors (Lipinski definition) is 4. The van der Waals surface area contributed by atoms with Gasteiger partial charge >= 0.3 is 0 Å². The van der Waals surface area contributed by atoms with Crippen LogP contribution >= 0.6 is 12.2 Å². The third-order valence-corrected chi connectivity index (χ3v) is 4.48. The van der Waals surface area contributed by atoms with E-state index in [2.05, 4.69) is 5.32 Å². The monoisotopic (exact) mass is 411 g/mol. The fraction of sp³-hybridized carbons (Fsp3) is 0.0909. The molecule has 0 saturated carbocycles. The maximum atomic E-state index is 13.3. The molecule has 7 heteroatoms. The van der Waals surface area contributed by atoms with Crippen LogP contribution in [0.25, 0.3) is 11.5 Å². The van der Waals surface area contributed by atoms with Crippen molar-refractivity contribution < 1.29 is 23.9 Å². The van der Waals surface area contributed by atoms with Crippen LogP contribution in [0.5, 0.6) is 5.75 Å². The van der Waals surface area contributed by atoms with E-state index in [1.807, 2.05) is 12.1 Å². The second-order valence-corrected chi connectivity index (χ2v) is 6.58. The number of rotatable bonds is 6. The minimum Gasteiger partial charge on any atom is -0.502 e. The van der Waals surface area contributed by atoms with E-state index in [-0.39, 0.29) is 23.1 Å². The Bertz CT molecular complexity index is 1050. The van der Waals surface area contributed by atoms with Gasteiger partial charge in [0.25, 0.3) is 5.70 Å². The van der Waals surface area contributed by atoms with Gasteiger partial charge in [0, 0.05) is 28.9 Å². The SMILES string of the molecule is COc1cccc(NC(=S)/C(=C(/O)c2ccc(F)cc2)[n+]2cccc(CO)c2)c1. The molecule has 0 atom stereocenters. The Labute approximate surface area is 173 Å². The third-order valence-electron chi connectivity index (χ3n) is 4.19. The van der Waals surface area contributed by atoms with Crippen molar-refractivity contribution >= 4 is 34.3 Å². The summed E-state index contributed by atoms with van der Waals surface area (Å²) in [5.41, 5.74) is 2.00. The highest BCUT2D eigenvalue weighted by Gasteiger charge is 2.24. The van der Waals surface area contributed by atoms with Crippen molar-refractivity contribution in [3.8, 4) is 5.75 Å². The number of aliphatic hydroxyl groups excluding tert-OH is 2. The Hall–Kier alpha value is -3.29. The molecule has 0 aliphatic heterocycles. The van der Waals surface area contributed by atoms with Gasteiger partial charge in [-0.15, -0.1) is 0 Å². The molecule has 2 aromatic carbocycles. The van der Waals surface area contributed by atoms with Gasteiger partial charge in [-0.25, -0.2) is 4.39 Å². The number of hydrogen-bond donors (Lipinski definition) is 3. The van der Waals surface area contributed by atoms with E-state index in [4.69, 9.17) is 17.0 Å². The fourth-order valence-corrected chi connectivity index (χ4v) is 3.06. The molecule has 0 aliphatic carbocycles. The summed E-state index contributed by atoms with van der Waals surface area (Å²) in [6.07, 6.45) is 3.36. The number of benzene rings is 2. The van der Waals surface area contributed by atoms with E-state index in [1.54, 1.807) is 48.3 Å². The lowest BCUT2D eigenvalue weighted by Gasteiger charge is -2.11. The number of thiocarbonyl (C=S) groups is 1. The van der Waals surface area contributed by atoms with Gasteiger partial charge in [-0.1, -0.05) is 18.3 Å². The smallest absolute Gasteiger partial charge is 0.288 e. The first-order valence-corrected chi connectivity index (χ1v) is 9.18. The van der Waals surface area contributed by atoms with E-state index in [0.29, 0.717) is 22.6 Å². The minimum atomic E-state index is -0.407. The third kappa shape index (κ3) is 4.96. The van der Waals surface area contributed by atoms with Crippen molar-refractivity contribution in [2.45, 2.75) is 6.61 Å². The first-order chi connectivity index (χ1) is 14.0. The average Bonchev–Trinajstić information content (AvgIpc) is 2.74. The molecule has 0 saturated heterocycles. The van der Waals surface area contributed by atoms with Gasteiger partial charge in [0.05, 0.1) is 13.7 Å². The highest BCUT2D eigenvalue weighted by molar-refractivity contribution is 7.81. The minimum absolute atomic E-state index is 0.134. The summed E-state index contributed by atoms with van der Waals surface area (Å²) in [5, 5.41) is 23.5. The highest BCUT2D eigenvalue weighted by Crippen LogP contribution is 2.21. The number of nitrogens with one attached hydrogen (secondary N) is 1. The van der Waals surface area contributed by atoms with Crippen LogP contribution in [0, 0.1) is 5.82 Å². The molecular formula is C22H20FN2O3S+. The first-order valence-electron chi connectivity index (χ1n) is 8.78. The lowest BCUT2D eigenvalue weighted by Crippen LogP contribution is -2.39. The number of aliphatic hydroxyl groups is 2. The number of pyridine rings is 1. The molecule has 0 unspecified atom stereocenters. The summed E-state index contributed by atoms with van der Waals surface area (Å²) < 4.78 is 20.1. The zero-order chi connectivity index (χ0) is 20.8. The second kappa shape index (κ2) is 9.27. The second-order valence-electron chi connectivity index (χ2n) is 6.17. The number of anilines is 1. The number of aromatic nitrogens is 1. The van der Waals surface area contributed by atoms with Crippen molar-refractivity contribution in [3.05, 3.63) is 90.0 Å². The predicted octanol–water partition coefficient (Wildman–Crippen LogP) is 3.94. The molecule has 0 amide bonds. The van der Waals surface area contributed by atoms with Gasteiger partial charge < -0.3 is 20.3 Å². The lowest BCUT2D eigenvalue weighted by molar-refractivity contribution is -0.576. The Morgan fingerprint density at radius 3 is 2.59 bits per heavy atom. The molecule has 0 radical (unpaired) electrons. The number of ether oxygens (including phenoxy) is 1. The Kier molecular flexibility index (Phi) is 6.54. The summed E-state index contributed by atoms with van der Waals surface area (Å²) in [4.78, 5) is 0.236. The van der Waals surface area contributed by atoms with Crippen molar-refractivity contribution in [2.24, 2.45) is 0 Å². The van der Waals surface area contributed by atoms with Gasteiger partial charge in [-0.05, 0) is 42.5 Å². The van der Waals surface area contributed by atoms with Crippen LogP contribution in [0.2, 0.25) is 0 Å². The lowest BCUT2D eigenvalue weighted by atomic mass is 10.1. The molecule has 5 nitrogen and oxygen atoms in total. The van der Waals surface area contributed by atoms with E-state index in [0.717, 1.165) is 0 Å². The van der Waals surface area contributed by atoms with Crippen molar-refractivity contribution in [3.63, 3.8) is 0 Å². The normalized spacial score (nSPS) is 11.6. The van der Waals surface area contributed by atoms with Crippen LogP contribution in [0.3, 0.4) is 0 Å². The van der Waals surface area contributed by atoms with Gasteiger partial charge in [0.1, 0.15) is 11.6 Å². The topological polar surface area (TPSA) is 65.6 Å². The van der Waals surface area contributed by atoms with Crippen LogP contribution in [0.4, 0.5) is 10.1 Å². The molecule has 0 aliphatic rings. The summed E-state index contributed by atoms with van der Waals surface area (Å²) in [5.74, 6) is 0.113. The molecule has 0 spiro atoms. The molecule has 0 fully saturated rings. The zero-order valence-electron chi connectivity index (χ0n) is 15.7. The van der Waals surface area contributed by atoms with Crippen molar-refractivity contribution in [2.75, 3.05) is 12.4 Å². The quantitative estimate of drug-likeness (QED) is 0.248. The largest absolute Gasteiger partial charge is 0.502 e. The van der Waals surface area contributed by atoms with Crippen LogP contribution in [0.15, 0.2) is 73.1 Å². The van der Waals surface area contributed by atoms with E-state index in [1.165, 1.54) is 24.3 Å². The number of halogens is 1. The van der Waals surface area contributed by atoms with E-state index < -0.39 is 5.82 Å². The zero-order valence-corrected chi connectivity index (χ0v) is 16.5. The maximum absolute atomic E-state index is 13.3. The molecule has 148 valence electrons. The Morgan fingerprint density at radius 2 is 1.90 bits per heavy atom. The molecule has 1 heterocycles. The van der Waals surface area contributed by atoms with E-state index in [9.17, 15) is 14.6 Å². The van der Waals surface area contributed by atoms with Crippen LogP contribution in [-0.4, -0.2) is 22.3 Å². The standard InChI is InChI=1S/C22H19FN2O3S/c1-28-19-6-2-5-18(12-19)24-22(29)20(25-11-3-4-15(13-25)14-26)21(27)16-7-9-17(23)10-8-16/h2-13,26H,14H2,1H3,(H-,24,27,29)/p+1. The van der Waals surface area contributed by atoms with Crippen molar-refractivity contribution in [1.29, 1.82) is 0 Å². The van der Waals surface area contributed by atoms with Gasteiger partial charge in [-0.2, -0.15) is 4.57 Å². The molecule has 3 N–H and O–H groups in total. The van der Waals surface area contributed by atoms with Crippen LogP contribution in [0.1, 0.15) is 11.1 Å². The molecule has 0 bridgehead atoms. The molecule has 3 rings (SSSR count). The number of nitrogens with zero attached hydrogens (tertiary/aromatic N) is 1. The molecular weight excluding hydrogens is 391 g/mol. The molecule has 1 aromatic heterocycles. The predicted molar refractivity (Wildman–Crippen MR) is 114 cm³/mol. The summed E-state index contributed by atoms with van der Waals surface area (Å²) in [7, 11) is 1.57. The van der Waals surface area contributed by atoms with Crippen molar-refractivity contribution in [1.82, 2.24) is 0 Å². The Morgan fingerprint density at radius 1 is 1.14 bits per heavy atom. The molecule has 29 heavy (non-hydrogen) atoms. The van der Waals surface area contributed by atoms with Gasteiger partial charge in [0.15, 0.2) is 23.1 Å². The summed E-state index contributed by atoms with van der Waals surface area (Å²) in [6.45, 7) is -0.165. The summed E-state index contributed by atoms with van der Waals surface area (Å²) >= 11 is 5.57. The summed E-state index contributed by atoms with van der Waals surface area (Å²) in [6, 6.07) is 16.1. The molecule has 3 aromatic rings. The van der Waals surface area contributed by atoms with Gasteiger partial charge in [-0.3, -0.25) is 0 Å². The first kappa shape index (κ1) is 20.4. The van der Waals surface area contributed by atoms with Crippen LogP contribution in [-0.2, 0) is 6.61 Å². The fourth-order valence-electron chi connectivity index (χ4n) is 2.74. The highest BCUT2D eigenvalue weighted by atomic mass is 32.1. The Balaban J connectivity index is 2.07. The average molecular weight is 411 g/mol. The van der Waals surface area contributed by atoms with Crippen LogP contribution < -0.4 is 14.6 Å².